The Kier molecular flexibility index (Phi) is 8.14. The van der Waals surface area contributed by atoms with Crippen LogP contribution in [0.1, 0.15) is 56.8 Å². The van der Waals surface area contributed by atoms with E-state index in [0.717, 1.165) is 18.8 Å². The number of amides is 4. The lowest BCUT2D eigenvalue weighted by Crippen LogP contribution is -2.53. The molecule has 3 aliphatic heterocycles. The van der Waals surface area contributed by atoms with Crippen molar-refractivity contribution in [1.82, 2.24) is 20.4 Å². The molecule has 0 bridgehead atoms. The van der Waals surface area contributed by atoms with E-state index >= 15 is 0 Å². The number of benzene rings is 1. The monoisotopic (exact) mass is 511 g/mol. The lowest BCUT2D eigenvalue weighted by molar-refractivity contribution is -0.138. The van der Waals surface area contributed by atoms with Gasteiger partial charge in [0.25, 0.3) is 5.91 Å². The van der Waals surface area contributed by atoms with Gasteiger partial charge in [-0.05, 0) is 55.9 Å². The molecule has 3 unspecified atom stereocenters. The first-order chi connectivity index (χ1) is 17.7. The van der Waals surface area contributed by atoms with Crippen LogP contribution in [0, 0.1) is 5.92 Å². The molecule has 3 fully saturated rings. The topological polar surface area (TPSA) is 119 Å². The maximum Gasteiger partial charge on any atom is 0.251 e. The molecule has 4 amide bonds. The largest absolute Gasteiger partial charge is 0.372 e. The molecule has 2 N–H and O–H groups in total. The van der Waals surface area contributed by atoms with Crippen molar-refractivity contribution in [2.45, 2.75) is 64.6 Å². The predicted octanol–water partition coefficient (Wildman–Crippen LogP) is 0.948. The summed E-state index contributed by atoms with van der Waals surface area (Å²) in [4.78, 5) is 68.7. The summed E-state index contributed by atoms with van der Waals surface area (Å²) in [6.07, 6.45) is 3.25. The number of hydrogen-bond acceptors (Lipinski definition) is 6. The van der Waals surface area contributed by atoms with Crippen molar-refractivity contribution in [3.05, 3.63) is 29.8 Å². The number of ketones is 1. The lowest BCUT2D eigenvalue weighted by Gasteiger charge is -2.29. The lowest BCUT2D eigenvalue weighted by atomic mass is 10.0. The number of nitrogens with zero attached hydrogens (tertiary/aromatic N) is 3. The highest BCUT2D eigenvalue weighted by Gasteiger charge is 2.52. The van der Waals surface area contributed by atoms with Crippen LogP contribution < -0.4 is 15.5 Å². The van der Waals surface area contributed by atoms with Crippen LogP contribution in [0.2, 0.25) is 0 Å². The minimum Gasteiger partial charge on any atom is -0.372 e. The molecule has 3 heterocycles. The highest BCUT2D eigenvalue weighted by atomic mass is 16.2. The molecule has 1 aromatic carbocycles. The Hall–Kier alpha value is -3.43. The third-order valence-electron chi connectivity index (χ3n) is 7.43. The van der Waals surface area contributed by atoms with Crippen LogP contribution in [-0.4, -0.2) is 90.1 Å². The molecule has 0 spiro atoms. The van der Waals surface area contributed by atoms with Crippen molar-refractivity contribution in [3.63, 3.8) is 0 Å². The first-order valence-electron chi connectivity index (χ1n) is 13.2. The molecule has 3 aliphatic rings. The smallest absolute Gasteiger partial charge is 0.251 e. The second-order valence-corrected chi connectivity index (χ2v) is 10.6. The van der Waals surface area contributed by atoms with Gasteiger partial charge in [-0.15, -0.1) is 0 Å². The number of anilines is 1. The Bertz CT molecular complexity index is 1050. The molecule has 0 radical (unpaired) electrons. The third kappa shape index (κ3) is 5.94. The Morgan fingerprint density at radius 3 is 2.30 bits per heavy atom. The Morgan fingerprint density at radius 1 is 1.00 bits per heavy atom. The summed E-state index contributed by atoms with van der Waals surface area (Å²) in [5, 5.41) is 5.38. The van der Waals surface area contributed by atoms with Crippen LogP contribution in [0.15, 0.2) is 24.3 Å². The SMILES string of the molecule is CC(=O)NCC(=O)N1CC(=O)C2C1CCN2C(=O)C(CC(C)C)NC(=O)c1ccc(N2CCCC2)cc1. The van der Waals surface area contributed by atoms with Gasteiger partial charge in [0.2, 0.25) is 17.7 Å². The molecule has 0 aromatic heterocycles. The van der Waals surface area contributed by atoms with Crippen LogP contribution in [0.25, 0.3) is 0 Å². The quantitative estimate of drug-likeness (QED) is 0.536. The predicted molar refractivity (Wildman–Crippen MR) is 138 cm³/mol. The average molecular weight is 512 g/mol. The summed E-state index contributed by atoms with van der Waals surface area (Å²) in [5.74, 6) is -1.34. The van der Waals surface area contributed by atoms with Crippen molar-refractivity contribution < 1.29 is 24.0 Å². The molecule has 1 aromatic rings. The van der Waals surface area contributed by atoms with E-state index in [2.05, 4.69) is 15.5 Å². The number of hydrogen-bond donors (Lipinski definition) is 2. The Balaban J connectivity index is 1.44. The maximum atomic E-state index is 13.6. The molecule has 10 heteroatoms. The van der Waals surface area contributed by atoms with Crippen molar-refractivity contribution in [2.24, 2.45) is 5.92 Å². The molecule has 4 rings (SSSR count). The summed E-state index contributed by atoms with van der Waals surface area (Å²) >= 11 is 0. The third-order valence-corrected chi connectivity index (χ3v) is 7.43. The molecular weight excluding hydrogens is 474 g/mol. The maximum absolute atomic E-state index is 13.6. The van der Waals surface area contributed by atoms with Crippen LogP contribution in [-0.2, 0) is 19.2 Å². The van der Waals surface area contributed by atoms with Gasteiger partial charge in [0, 0.05) is 37.8 Å². The zero-order chi connectivity index (χ0) is 26.7. The number of carbonyl (C=O) groups is 5. The summed E-state index contributed by atoms with van der Waals surface area (Å²) < 4.78 is 0. The van der Waals surface area contributed by atoms with Gasteiger partial charge in [0.05, 0.1) is 19.1 Å². The summed E-state index contributed by atoms with van der Waals surface area (Å²) in [7, 11) is 0. The van der Waals surface area contributed by atoms with Crippen LogP contribution >= 0.6 is 0 Å². The van der Waals surface area contributed by atoms with Crippen LogP contribution in [0.5, 0.6) is 0 Å². The second kappa shape index (κ2) is 11.3. The van der Waals surface area contributed by atoms with Gasteiger partial charge in [-0.25, -0.2) is 0 Å². The standard InChI is InChI=1S/C27H37N5O5/c1-17(2)14-21(29-26(36)19-6-8-20(9-7-19)30-11-4-5-12-30)27(37)31-13-10-22-25(31)23(34)16-32(22)24(35)15-28-18(3)33/h6-9,17,21-22,25H,4-5,10-16H2,1-3H3,(H,28,33)(H,29,36). The zero-order valence-electron chi connectivity index (χ0n) is 21.9. The van der Waals surface area contributed by atoms with E-state index in [4.69, 9.17) is 0 Å². The van der Waals surface area contributed by atoms with Gasteiger partial charge in [-0.3, -0.25) is 24.0 Å². The van der Waals surface area contributed by atoms with E-state index in [1.807, 2.05) is 26.0 Å². The summed E-state index contributed by atoms with van der Waals surface area (Å²) in [6, 6.07) is 5.53. The van der Waals surface area contributed by atoms with Crippen LogP contribution in [0.4, 0.5) is 5.69 Å². The number of likely N-dealkylation sites (tertiary alicyclic amines) is 2. The minimum absolute atomic E-state index is 0.0812. The molecule has 200 valence electrons. The number of carbonyl (C=O) groups excluding carboxylic acids is 5. The van der Waals surface area contributed by atoms with Gasteiger partial charge >= 0.3 is 0 Å². The summed E-state index contributed by atoms with van der Waals surface area (Å²) in [6.45, 7) is 7.39. The Morgan fingerprint density at radius 2 is 1.68 bits per heavy atom. The van der Waals surface area contributed by atoms with Gasteiger partial charge in [0.15, 0.2) is 5.78 Å². The fourth-order valence-electron chi connectivity index (χ4n) is 5.62. The zero-order valence-corrected chi connectivity index (χ0v) is 21.9. The molecular formula is C27H37N5O5. The first-order valence-corrected chi connectivity index (χ1v) is 13.2. The van der Waals surface area contributed by atoms with E-state index in [1.165, 1.54) is 29.6 Å². The van der Waals surface area contributed by atoms with Gasteiger partial charge in [-0.2, -0.15) is 0 Å². The Labute approximate surface area is 217 Å². The van der Waals surface area contributed by atoms with Gasteiger partial charge in [0.1, 0.15) is 12.1 Å². The normalized spacial score (nSPS) is 21.8. The highest BCUT2D eigenvalue weighted by molar-refractivity contribution is 6.01. The number of Topliss-reactive ketones (excluding diaryl/α,β-unsaturated/α-hetero) is 1. The van der Waals surface area contributed by atoms with E-state index in [0.29, 0.717) is 24.9 Å². The molecule has 10 nitrogen and oxygen atoms in total. The molecule has 37 heavy (non-hydrogen) atoms. The van der Waals surface area contributed by atoms with Crippen molar-refractivity contribution in [2.75, 3.05) is 37.6 Å². The van der Waals surface area contributed by atoms with E-state index in [-0.39, 0.29) is 48.4 Å². The van der Waals surface area contributed by atoms with Crippen molar-refractivity contribution in [3.8, 4) is 0 Å². The number of rotatable bonds is 8. The van der Waals surface area contributed by atoms with E-state index < -0.39 is 18.1 Å². The highest BCUT2D eigenvalue weighted by Crippen LogP contribution is 2.31. The summed E-state index contributed by atoms with van der Waals surface area (Å²) in [5.41, 5.74) is 1.57. The molecule has 3 saturated heterocycles. The number of nitrogens with one attached hydrogen (secondary N) is 2. The van der Waals surface area contributed by atoms with Crippen LogP contribution in [0.3, 0.4) is 0 Å². The van der Waals surface area contributed by atoms with E-state index in [1.54, 1.807) is 12.1 Å². The average Bonchev–Trinajstić information content (AvgIpc) is 3.60. The minimum atomic E-state index is -0.776. The van der Waals surface area contributed by atoms with Gasteiger partial charge < -0.3 is 25.3 Å². The first kappa shape index (κ1) is 26.6. The fourth-order valence-corrected chi connectivity index (χ4v) is 5.62. The fraction of sp³-hybridized carbons (Fsp3) is 0.593. The molecule has 0 aliphatic carbocycles. The van der Waals surface area contributed by atoms with Gasteiger partial charge in [-0.1, -0.05) is 13.8 Å². The van der Waals surface area contributed by atoms with Crippen molar-refractivity contribution in [1.29, 1.82) is 0 Å². The second-order valence-electron chi connectivity index (χ2n) is 10.6. The van der Waals surface area contributed by atoms with E-state index in [9.17, 15) is 24.0 Å². The van der Waals surface area contributed by atoms with Crippen molar-refractivity contribution >= 4 is 35.1 Å². The number of fused-ring (bicyclic) bond motifs is 1. The molecule has 0 saturated carbocycles. The molecule has 3 atom stereocenters.